The molecule has 0 aliphatic rings. The van der Waals surface area contributed by atoms with E-state index in [0.717, 1.165) is 6.07 Å². The van der Waals surface area contributed by atoms with Crippen molar-refractivity contribution in [3.05, 3.63) is 35.1 Å². The van der Waals surface area contributed by atoms with Gasteiger partial charge in [-0.15, -0.1) is 0 Å². The van der Waals surface area contributed by atoms with E-state index >= 15 is 0 Å². The van der Waals surface area contributed by atoms with Crippen LogP contribution in [0.4, 0.5) is 13.2 Å². The lowest BCUT2D eigenvalue weighted by molar-refractivity contribution is -0.140. The fraction of sp³-hybridized carbons (Fsp3) is 0.364. The molecule has 90 valence electrons. The van der Waals surface area contributed by atoms with Gasteiger partial charge in [-0.25, -0.2) is 13.2 Å². The number of ether oxygens (including phenoxy) is 1. The smallest absolute Gasteiger partial charge is 0.302 e. The summed E-state index contributed by atoms with van der Waals surface area (Å²) >= 11 is 0. The van der Waals surface area contributed by atoms with Gasteiger partial charge in [0.2, 0.25) is 0 Å². The Labute approximate surface area is 92.0 Å². The summed E-state index contributed by atoms with van der Waals surface area (Å²) in [5.74, 6) is -3.87. The summed E-state index contributed by atoms with van der Waals surface area (Å²) in [5.41, 5.74) is 0.110. The second kappa shape index (κ2) is 6.87. The topological polar surface area (TPSA) is 26.3 Å². The Morgan fingerprint density at radius 1 is 1.25 bits per heavy atom. The molecule has 1 rings (SSSR count). The normalized spacial score (nSPS) is 9.12. The van der Waals surface area contributed by atoms with Crippen LogP contribution < -0.4 is 0 Å². The Hall–Kier alpha value is -1.52. The van der Waals surface area contributed by atoms with E-state index in [1.807, 2.05) is 0 Å². The largest absolute Gasteiger partial charge is 0.466 e. The van der Waals surface area contributed by atoms with Crippen LogP contribution in [-0.2, 0) is 9.53 Å². The number of carbonyl (C=O) groups is 1. The first-order chi connectivity index (χ1) is 7.40. The summed E-state index contributed by atoms with van der Waals surface area (Å²) in [7, 11) is 0. The Balaban J connectivity index is 0.000000325. The number of esters is 1. The maximum atomic E-state index is 12.4. The number of halogens is 3. The van der Waals surface area contributed by atoms with Crippen molar-refractivity contribution in [2.75, 3.05) is 6.61 Å². The van der Waals surface area contributed by atoms with Crippen LogP contribution in [-0.4, -0.2) is 12.6 Å². The molecule has 0 atom stereocenters. The molecular formula is C11H13F3O2. The summed E-state index contributed by atoms with van der Waals surface area (Å²) in [6.45, 7) is 5.03. The molecule has 0 aliphatic heterocycles. The summed E-state index contributed by atoms with van der Waals surface area (Å²) in [4.78, 5) is 9.82. The van der Waals surface area contributed by atoms with E-state index < -0.39 is 17.5 Å². The van der Waals surface area contributed by atoms with Crippen molar-refractivity contribution in [3.8, 4) is 0 Å². The second-order valence-corrected chi connectivity index (χ2v) is 2.92. The molecule has 1 aromatic rings. The van der Waals surface area contributed by atoms with Gasteiger partial charge < -0.3 is 4.74 Å². The van der Waals surface area contributed by atoms with Crippen LogP contribution in [0.1, 0.15) is 19.4 Å². The van der Waals surface area contributed by atoms with E-state index in [2.05, 4.69) is 4.74 Å². The molecule has 1 aromatic carbocycles. The molecule has 0 saturated heterocycles. The van der Waals surface area contributed by atoms with Gasteiger partial charge in [0.15, 0.2) is 17.5 Å². The predicted octanol–water partition coefficient (Wildman–Crippen LogP) is 2.98. The van der Waals surface area contributed by atoms with Gasteiger partial charge in [-0.2, -0.15) is 0 Å². The van der Waals surface area contributed by atoms with Crippen LogP contribution in [0.3, 0.4) is 0 Å². The minimum Gasteiger partial charge on any atom is -0.466 e. The van der Waals surface area contributed by atoms with E-state index in [9.17, 15) is 18.0 Å². The van der Waals surface area contributed by atoms with Crippen LogP contribution in [0, 0.1) is 24.4 Å². The van der Waals surface area contributed by atoms with Crippen molar-refractivity contribution in [1.82, 2.24) is 0 Å². The van der Waals surface area contributed by atoms with Gasteiger partial charge in [-0.1, -0.05) is 6.07 Å². The maximum absolute atomic E-state index is 12.4. The number of hydrogen-bond donors (Lipinski definition) is 0. The monoisotopic (exact) mass is 234 g/mol. The standard InChI is InChI=1S/C7H5F3.C4H8O2/c1-4-2-3-5(8)7(10)6(4)9;1-3-6-4(2)5/h2-3H,1H3;3H2,1-2H3. The number of aryl methyl sites for hydroxylation is 1. The van der Waals surface area contributed by atoms with Crippen LogP contribution in [0.2, 0.25) is 0 Å². The zero-order chi connectivity index (χ0) is 12.7. The molecule has 0 amide bonds. The number of hydrogen-bond acceptors (Lipinski definition) is 2. The highest BCUT2D eigenvalue weighted by molar-refractivity contribution is 5.65. The fourth-order valence-corrected chi connectivity index (χ4v) is 0.826. The lowest BCUT2D eigenvalue weighted by atomic mass is 10.2. The third-order valence-electron chi connectivity index (χ3n) is 1.58. The summed E-state index contributed by atoms with van der Waals surface area (Å²) in [5, 5.41) is 0. The Kier molecular flexibility index (Phi) is 6.22. The molecule has 0 aliphatic carbocycles. The molecule has 0 N–H and O–H groups in total. The van der Waals surface area contributed by atoms with Gasteiger partial charge >= 0.3 is 5.97 Å². The van der Waals surface area contributed by atoms with E-state index in [-0.39, 0.29) is 11.5 Å². The molecule has 0 aromatic heterocycles. The molecule has 16 heavy (non-hydrogen) atoms. The fourth-order valence-electron chi connectivity index (χ4n) is 0.826. The second-order valence-electron chi connectivity index (χ2n) is 2.92. The predicted molar refractivity (Wildman–Crippen MR) is 53.4 cm³/mol. The van der Waals surface area contributed by atoms with Gasteiger partial charge in [-0.05, 0) is 25.5 Å². The first-order valence-electron chi connectivity index (χ1n) is 4.63. The first kappa shape index (κ1) is 14.5. The van der Waals surface area contributed by atoms with Crippen molar-refractivity contribution >= 4 is 5.97 Å². The molecular weight excluding hydrogens is 221 g/mol. The molecule has 0 spiro atoms. The van der Waals surface area contributed by atoms with Crippen molar-refractivity contribution in [2.24, 2.45) is 0 Å². The zero-order valence-electron chi connectivity index (χ0n) is 9.31. The van der Waals surface area contributed by atoms with Crippen LogP contribution in [0.5, 0.6) is 0 Å². The summed E-state index contributed by atoms with van der Waals surface area (Å²) < 4.78 is 41.2. The number of carbonyl (C=O) groups excluding carboxylic acids is 1. The SMILES string of the molecule is CCOC(C)=O.Cc1ccc(F)c(F)c1F. The minimum absolute atomic E-state index is 0.110. The average Bonchev–Trinajstić information content (AvgIpc) is 2.22. The highest BCUT2D eigenvalue weighted by atomic mass is 19.2. The molecule has 0 bridgehead atoms. The Morgan fingerprint density at radius 2 is 1.81 bits per heavy atom. The van der Waals surface area contributed by atoms with E-state index in [1.165, 1.54) is 19.9 Å². The van der Waals surface area contributed by atoms with Crippen molar-refractivity contribution in [2.45, 2.75) is 20.8 Å². The molecule has 2 nitrogen and oxygen atoms in total. The Morgan fingerprint density at radius 3 is 2.12 bits per heavy atom. The van der Waals surface area contributed by atoms with Gasteiger partial charge in [0.05, 0.1) is 6.61 Å². The van der Waals surface area contributed by atoms with Gasteiger partial charge in [0.1, 0.15) is 0 Å². The number of benzene rings is 1. The quantitative estimate of drug-likeness (QED) is 0.551. The van der Waals surface area contributed by atoms with E-state index in [1.54, 1.807) is 6.92 Å². The van der Waals surface area contributed by atoms with E-state index in [0.29, 0.717) is 6.61 Å². The molecule has 0 saturated carbocycles. The third-order valence-corrected chi connectivity index (χ3v) is 1.58. The third kappa shape index (κ3) is 4.82. The lowest BCUT2D eigenvalue weighted by Gasteiger charge is -1.96. The van der Waals surface area contributed by atoms with Crippen molar-refractivity contribution < 1.29 is 22.7 Å². The molecule has 5 heteroatoms. The first-order valence-corrected chi connectivity index (χ1v) is 4.63. The van der Waals surface area contributed by atoms with Gasteiger partial charge in [0, 0.05) is 6.92 Å². The highest BCUT2D eigenvalue weighted by Gasteiger charge is 2.09. The number of rotatable bonds is 1. The average molecular weight is 234 g/mol. The minimum atomic E-state index is -1.40. The molecule has 0 heterocycles. The van der Waals surface area contributed by atoms with Crippen molar-refractivity contribution in [1.29, 1.82) is 0 Å². The van der Waals surface area contributed by atoms with Crippen molar-refractivity contribution in [3.63, 3.8) is 0 Å². The lowest BCUT2D eigenvalue weighted by Crippen LogP contribution is -1.95. The maximum Gasteiger partial charge on any atom is 0.302 e. The highest BCUT2D eigenvalue weighted by Crippen LogP contribution is 2.13. The van der Waals surface area contributed by atoms with Gasteiger partial charge in [0.25, 0.3) is 0 Å². The van der Waals surface area contributed by atoms with Crippen LogP contribution in [0.25, 0.3) is 0 Å². The van der Waals surface area contributed by atoms with Gasteiger partial charge in [-0.3, -0.25) is 4.79 Å². The Bertz CT molecular complexity index is 337. The zero-order valence-corrected chi connectivity index (χ0v) is 9.31. The van der Waals surface area contributed by atoms with Crippen LogP contribution in [0.15, 0.2) is 12.1 Å². The summed E-state index contributed by atoms with van der Waals surface area (Å²) in [6.07, 6.45) is 0. The molecule has 0 fully saturated rings. The van der Waals surface area contributed by atoms with E-state index in [4.69, 9.17) is 0 Å². The molecule has 0 radical (unpaired) electrons. The summed E-state index contributed by atoms with van der Waals surface area (Å²) in [6, 6.07) is 2.08. The van der Waals surface area contributed by atoms with Crippen LogP contribution >= 0.6 is 0 Å². The molecule has 0 unspecified atom stereocenters.